The summed E-state index contributed by atoms with van der Waals surface area (Å²) in [6.07, 6.45) is 0.762. The van der Waals surface area contributed by atoms with Gasteiger partial charge in [-0.1, -0.05) is 18.6 Å². The van der Waals surface area contributed by atoms with Crippen LogP contribution in [0.5, 0.6) is 0 Å². The largest absolute Gasteiger partial charge is 0.350 e. The SMILES string of the molecule is CCC(Cl)CNC(=O)c1cc(C)ccc1F. The van der Waals surface area contributed by atoms with Gasteiger partial charge in [0, 0.05) is 6.54 Å². The molecule has 0 bridgehead atoms. The van der Waals surface area contributed by atoms with Gasteiger partial charge in [-0.2, -0.15) is 0 Å². The van der Waals surface area contributed by atoms with E-state index in [-0.39, 0.29) is 10.9 Å². The van der Waals surface area contributed by atoms with Crippen molar-refractivity contribution in [2.24, 2.45) is 0 Å². The summed E-state index contributed by atoms with van der Waals surface area (Å²) >= 11 is 5.86. The molecule has 1 atom stereocenters. The molecule has 16 heavy (non-hydrogen) atoms. The lowest BCUT2D eigenvalue weighted by molar-refractivity contribution is 0.0949. The van der Waals surface area contributed by atoms with Gasteiger partial charge in [-0.3, -0.25) is 4.79 Å². The van der Waals surface area contributed by atoms with Gasteiger partial charge in [0.2, 0.25) is 0 Å². The maximum atomic E-state index is 13.3. The van der Waals surface area contributed by atoms with Gasteiger partial charge in [0.15, 0.2) is 0 Å². The third-order valence-electron chi connectivity index (χ3n) is 2.29. The number of rotatable bonds is 4. The summed E-state index contributed by atoms with van der Waals surface area (Å²) in [5, 5.41) is 2.49. The highest BCUT2D eigenvalue weighted by molar-refractivity contribution is 6.20. The molecule has 0 heterocycles. The third kappa shape index (κ3) is 3.49. The Morgan fingerprint density at radius 2 is 2.25 bits per heavy atom. The number of nitrogens with one attached hydrogen (secondary N) is 1. The first kappa shape index (κ1) is 13.0. The van der Waals surface area contributed by atoms with Crippen molar-refractivity contribution in [1.29, 1.82) is 0 Å². The molecule has 1 aromatic rings. The average Bonchev–Trinajstić information content (AvgIpc) is 2.28. The van der Waals surface area contributed by atoms with Crippen molar-refractivity contribution in [1.82, 2.24) is 5.32 Å². The normalized spacial score (nSPS) is 12.2. The molecule has 4 heteroatoms. The number of alkyl halides is 1. The van der Waals surface area contributed by atoms with Gasteiger partial charge in [0.1, 0.15) is 5.82 Å². The summed E-state index contributed by atoms with van der Waals surface area (Å²) < 4.78 is 13.3. The summed E-state index contributed by atoms with van der Waals surface area (Å²) in [5.74, 6) is -0.925. The van der Waals surface area contributed by atoms with Crippen molar-refractivity contribution in [2.75, 3.05) is 6.54 Å². The Bertz CT molecular complexity index is 381. The number of amides is 1. The molecule has 0 aromatic heterocycles. The summed E-state index contributed by atoms with van der Waals surface area (Å²) in [5.41, 5.74) is 0.921. The zero-order valence-electron chi connectivity index (χ0n) is 9.39. The molecule has 0 saturated carbocycles. The van der Waals surface area contributed by atoms with Gasteiger partial charge < -0.3 is 5.32 Å². The van der Waals surface area contributed by atoms with Crippen molar-refractivity contribution >= 4 is 17.5 Å². The number of benzene rings is 1. The number of hydrogen-bond donors (Lipinski definition) is 1. The van der Waals surface area contributed by atoms with E-state index in [1.165, 1.54) is 12.1 Å². The van der Waals surface area contributed by atoms with Crippen LogP contribution >= 0.6 is 11.6 Å². The first-order valence-corrected chi connectivity index (χ1v) is 5.66. The van der Waals surface area contributed by atoms with E-state index in [0.717, 1.165) is 12.0 Å². The van der Waals surface area contributed by atoms with Crippen molar-refractivity contribution < 1.29 is 9.18 Å². The molecule has 0 aliphatic heterocycles. The molecule has 1 aromatic carbocycles. The first-order valence-electron chi connectivity index (χ1n) is 5.23. The molecule has 0 fully saturated rings. The van der Waals surface area contributed by atoms with Crippen LogP contribution in [0.25, 0.3) is 0 Å². The monoisotopic (exact) mass is 243 g/mol. The zero-order valence-corrected chi connectivity index (χ0v) is 10.1. The van der Waals surface area contributed by atoms with E-state index in [2.05, 4.69) is 5.32 Å². The molecule has 0 spiro atoms. The van der Waals surface area contributed by atoms with Crippen molar-refractivity contribution in [2.45, 2.75) is 25.6 Å². The molecule has 0 radical (unpaired) electrons. The molecular formula is C12H15ClFNO. The van der Waals surface area contributed by atoms with Crippen molar-refractivity contribution in [3.63, 3.8) is 0 Å². The van der Waals surface area contributed by atoms with E-state index in [1.54, 1.807) is 6.07 Å². The van der Waals surface area contributed by atoms with Crippen LogP contribution in [-0.4, -0.2) is 17.8 Å². The van der Waals surface area contributed by atoms with E-state index < -0.39 is 11.7 Å². The van der Waals surface area contributed by atoms with Crippen LogP contribution in [0.2, 0.25) is 0 Å². The van der Waals surface area contributed by atoms with Gasteiger partial charge in [0.05, 0.1) is 10.9 Å². The smallest absolute Gasteiger partial charge is 0.254 e. The second-order valence-corrected chi connectivity index (χ2v) is 4.32. The Hall–Kier alpha value is -1.09. The van der Waals surface area contributed by atoms with E-state index in [4.69, 9.17) is 11.6 Å². The fourth-order valence-electron chi connectivity index (χ4n) is 1.26. The lowest BCUT2D eigenvalue weighted by Crippen LogP contribution is -2.30. The highest BCUT2D eigenvalue weighted by Crippen LogP contribution is 2.10. The Kier molecular flexibility index (Phi) is 4.74. The van der Waals surface area contributed by atoms with E-state index in [1.807, 2.05) is 13.8 Å². The maximum Gasteiger partial charge on any atom is 0.254 e. The quantitative estimate of drug-likeness (QED) is 0.810. The van der Waals surface area contributed by atoms with Gasteiger partial charge >= 0.3 is 0 Å². The summed E-state index contributed by atoms with van der Waals surface area (Å²) in [6, 6.07) is 4.45. The number of halogens is 2. The Morgan fingerprint density at radius 3 is 2.88 bits per heavy atom. The topological polar surface area (TPSA) is 29.1 Å². The number of hydrogen-bond acceptors (Lipinski definition) is 1. The maximum absolute atomic E-state index is 13.3. The third-order valence-corrected chi connectivity index (χ3v) is 2.76. The Balaban J connectivity index is 2.69. The molecule has 0 aliphatic rings. The summed E-state index contributed by atoms with van der Waals surface area (Å²) in [6.45, 7) is 4.09. The standard InChI is InChI=1S/C12H15ClFNO/c1-3-9(13)7-15-12(16)10-6-8(2)4-5-11(10)14/h4-6,9H,3,7H2,1-2H3,(H,15,16). The first-order chi connectivity index (χ1) is 7.54. The van der Waals surface area contributed by atoms with Gasteiger partial charge in [-0.05, 0) is 25.5 Å². The number of carbonyl (C=O) groups excluding carboxylic acids is 1. The van der Waals surface area contributed by atoms with E-state index in [0.29, 0.717) is 6.54 Å². The van der Waals surface area contributed by atoms with Crippen molar-refractivity contribution in [3.8, 4) is 0 Å². The van der Waals surface area contributed by atoms with Crippen LogP contribution in [-0.2, 0) is 0 Å². The predicted octanol–water partition coefficient (Wildman–Crippen LogP) is 2.88. The van der Waals surface area contributed by atoms with Crippen LogP contribution in [0.4, 0.5) is 4.39 Å². The number of aryl methyl sites for hydroxylation is 1. The summed E-state index contributed by atoms with van der Waals surface area (Å²) in [7, 11) is 0. The van der Waals surface area contributed by atoms with Gasteiger partial charge in [0.25, 0.3) is 5.91 Å². The lowest BCUT2D eigenvalue weighted by Gasteiger charge is -2.09. The van der Waals surface area contributed by atoms with Crippen LogP contribution in [0.1, 0.15) is 29.3 Å². The molecule has 1 unspecified atom stereocenters. The highest BCUT2D eigenvalue weighted by Gasteiger charge is 2.12. The van der Waals surface area contributed by atoms with Crippen LogP contribution in [0.3, 0.4) is 0 Å². The predicted molar refractivity (Wildman–Crippen MR) is 63.4 cm³/mol. The van der Waals surface area contributed by atoms with Crippen LogP contribution < -0.4 is 5.32 Å². The minimum absolute atomic E-state index is 0.0694. The summed E-state index contributed by atoms with van der Waals surface area (Å²) in [4.78, 5) is 11.6. The molecule has 1 N–H and O–H groups in total. The molecular weight excluding hydrogens is 229 g/mol. The average molecular weight is 244 g/mol. The second-order valence-electron chi connectivity index (χ2n) is 3.70. The zero-order chi connectivity index (χ0) is 12.1. The minimum atomic E-state index is -0.509. The minimum Gasteiger partial charge on any atom is -0.350 e. The van der Waals surface area contributed by atoms with Crippen LogP contribution in [0, 0.1) is 12.7 Å². The number of carbonyl (C=O) groups is 1. The van der Waals surface area contributed by atoms with Gasteiger partial charge in [-0.25, -0.2) is 4.39 Å². The van der Waals surface area contributed by atoms with Crippen molar-refractivity contribution in [3.05, 3.63) is 35.1 Å². The lowest BCUT2D eigenvalue weighted by atomic mass is 10.1. The molecule has 1 amide bonds. The molecule has 0 saturated heterocycles. The highest BCUT2D eigenvalue weighted by atomic mass is 35.5. The fourth-order valence-corrected chi connectivity index (χ4v) is 1.33. The second kappa shape index (κ2) is 5.85. The van der Waals surface area contributed by atoms with Crippen LogP contribution in [0.15, 0.2) is 18.2 Å². The Morgan fingerprint density at radius 1 is 1.56 bits per heavy atom. The fraction of sp³-hybridized carbons (Fsp3) is 0.417. The van der Waals surface area contributed by atoms with Gasteiger partial charge in [-0.15, -0.1) is 11.6 Å². The molecule has 0 aliphatic carbocycles. The van der Waals surface area contributed by atoms with E-state index in [9.17, 15) is 9.18 Å². The Labute approximate surface area is 99.8 Å². The molecule has 2 nitrogen and oxygen atoms in total. The molecule has 88 valence electrons. The molecule has 1 rings (SSSR count). The van der Waals surface area contributed by atoms with E-state index >= 15 is 0 Å².